The average Bonchev–Trinajstić information content (AvgIpc) is 2.28. The van der Waals surface area contributed by atoms with Crippen LogP contribution in [0.15, 0.2) is 30.3 Å². The summed E-state index contributed by atoms with van der Waals surface area (Å²) in [6.45, 7) is 0. The van der Waals surface area contributed by atoms with Crippen LogP contribution in [0.1, 0.15) is 0 Å². The first kappa shape index (κ1) is 11.1. The zero-order chi connectivity index (χ0) is 12.3. The van der Waals surface area contributed by atoms with Gasteiger partial charge in [-0.25, -0.2) is 4.39 Å². The van der Waals surface area contributed by atoms with Gasteiger partial charge >= 0.3 is 0 Å². The molecule has 1 heterocycles. The van der Waals surface area contributed by atoms with Crippen molar-refractivity contribution in [2.24, 2.45) is 0 Å². The van der Waals surface area contributed by atoms with Crippen molar-refractivity contribution in [1.82, 2.24) is 9.97 Å². The molecule has 1 aromatic carbocycles. The van der Waals surface area contributed by atoms with Crippen molar-refractivity contribution in [2.45, 2.75) is 0 Å². The van der Waals surface area contributed by atoms with Crippen molar-refractivity contribution >= 4 is 17.5 Å². The molecule has 0 fully saturated rings. The maximum absolute atomic E-state index is 13.0. The maximum atomic E-state index is 13.0. The van der Waals surface area contributed by atoms with E-state index in [4.69, 9.17) is 10.5 Å². The van der Waals surface area contributed by atoms with Gasteiger partial charge in [-0.3, -0.25) is 0 Å². The molecule has 0 bridgehead atoms. The first-order valence-electron chi connectivity index (χ1n) is 4.88. The minimum absolute atomic E-state index is 0.0863. The number of nitrogen functional groups attached to an aromatic ring is 1. The van der Waals surface area contributed by atoms with Gasteiger partial charge in [-0.15, -0.1) is 0 Å². The molecule has 6 heteroatoms. The van der Waals surface area contributed by atoms with Crippen LogP contribution < -0.4 is 15.8 Å². The molecule has 0 radical (unpaired) electrons. The van der Waals surface area contributed by atoms with E-state index in [-0.39, 0.29) is 11.8 Å². The third kappa shape index (κ3) is 2.81. The van der Waals surface area contributed by atoms with Gasteiger partial charge in [-0.2, -0.15) is 9.97 Å². The number of benzene rings is 1. The molecule has 2 rings (SSSR count). The number of aromatic nitrogens is 2. The molecule has 5 nitrogen and oxygen atoms in total. The van der Waals surface area contributed by atoms with Gasteiger partial charge in [-0.05, 0) is 18.2 Å². The van der Waals surface area contributed by atoms with Crippen molar-refractivity contribution in [3.63, 3.8) is 0 Å². The van der Waals surface area contributed by atoms with Crippen LogP contribution in [-0.2, 0) is 0 Å². The van der Waals surface area contributed by atoms with E-state index in [0.29, 0.717) is 17.4 Å². The third-order valence-corrected chi connectivity index (χ3v) is 2.03. The summed E-state index contributed by atoms with van der Waals surface area (Å²) >= 11 is 0. The second-order valence-corrected chi connectivity index (χ2v) is 3.29. The van der Waals surface area contributed by atoms with Crippen LogP contribution in [0.3, 0.4) is 0 Å². The lowest BCUT2D eigenvalue weighted by Crippen LogP contribution is -2.01. The van der Waals surface area contributed by atoms with E-state index in [0.717, 1.165) is 0 Å². The first-order chi connectivity index (χ1) is 8.17. The van der Waals surface area contributed by atoms with Crippen molar-refractivity contribution in [3.8, 4) is 5.88 Å². The van der Waals surface area contributed by atoms with Crippen LogP contribution >= 0.6 is 0 Å². The molecule has 1 aromatic heterocycles. The number of nitrogens with zero attached hydrogens (tertiary/aromatic N) is 2. The van der Waals surface area contributed by atoms with Crippen molar-refractivity contribution in [3.05, 3.63) is 36.1 Å². The summed E-state index contributed by atoms with van der Waals surface area (Å²) in [6.07, 6.45) is 0. The topological polar surface area (TPSA) is 73.1 Å². The van der Waals surface area contributed by atoms with Gasteiger partial charge in [0.1, 0.15) is 11.6 Å². The van der Waals surface area contributed by atoms with E-state index in [1.165, 1.54) is 19.2 Å². The normalized spacial score (nSPS) is 10.0. The summed E-state index contributed by atoms with van der Waals surface area (Å²) in [5, 5.41) is 2.91. The van der Waals surface area contributed by atoms with Gasteiger partial charge < -0.3 is 15.8 Å². The number of anilines is 3. The molecule has 0 saturated carbocycles. The molecule has 0 unspecified atom stereocenters. The van der Waals surface area contributed by atoms with Gasteiger partial charge in [0.25, 0.3) is 0 Å². The lowest BCUT2D eigenvalue weighted by atomic mass is 10.3. The number of nitrogens with two attached hydrogens (primary N) is 1. The second-order valence-electron chi connectivity index (χ2n) is 3.29. The highest BCUT2D eigenvalue weighted by Gasteiger charge is 2.03. The zero-order valence-electron chi connectivity index (χ0n) is 9.14. The Kier molecular flexibility index (Phi) is 3.04. The third-order valence-electron chi connectivity index (χ3n) is 2.03. The lowest BCUT2D eigenvalue weighted by Gasteiger charge is -2.07. The number of halogens is 1. The number of hydrogen-bond donors (Lipinski definition) is 2. The van der Waals surface area contributed by atoms with Crippen LogP contribution in [-0.4, -0.2) is 17.1 Å². The molecule has 17 heavy (non-hydrogen) atoms. The number of ether oxygens (including phenoxy) is 1. The van der Waals surface area contributed by atoms with E-state index in [1.54, 1.807) is 18.2 Å². The number of nitrogens with one attached hydrogen (secondary N) is 1. The molecular formula is C11H11FN4O. The molecule has 3 N–H and O–H groups in total. The Hall–Kier alpha value is -2.37. The molecular weight excluding hydrogens is 223 g/mol. The second kappa shape index (κ2) is 4.65. The highest BCUT2D eigenvalue weighted by atomic mass is 19.1. The van der Waals surface area contributed by atoms with Crippen LogP contribution in [0.2, 0.25) is 0 Å². The summed E-state index contributed by atoms with van der Waals surface area (Å²) in [7, 11) is 1.48. The summed E-state index contributed by atoms with van der Waals surface area (Å²) in [6, 6.07) is 7.60. The highest BCUT2D eigenvalue weighted by Crippen LogP contribution is 2.19. The number of methoxy groups -OCH3 is 1. The summed E-state index contributed by atoms with van der Waals surface area (Å²) in [5.41, 5.74) is 6.08. The fourth-order valence-corrected chi connectivity index (χ4v) is 1.33. The predicted octanol–water partition coefficient (Wildman–Crippen LogP) is 1.95. The van der Waals surface area contributed by atoms with Crippen molar-refractivity contribution in [1.29, 1.82) is 0 Å². The molecule has 0 aliphatic heterocycles. The molecule has 0 atom stereocenters. The quantitative estimate of drug-likeness (QED) is 0.849. The monoisotopic (exact) mass is 234 g/mol. The fourth-order valence-electron chi connectivity index (χ4n) is 1.33. The molecule has 0 amide bonds. The van der Waals surface area contributed by atoms with Gasteiger partial charge in [-0.1, -0.05) is 6.07 Å². The fraction of sp³-hybridized carbons (Fsp3) is 0.0909. The van der Waals surface area contributed by atoms with Gasteiger partial charge in [0, 0.05) is 11.8 Å². The van der Waals surface area contributed by atoms with E-state index >= 15 is 0 Å². The van der Waals surface area contributed by atoms with Crippen LogP contribution in [0, 0.1) is 5.82 Å². The minimum Gasteiger partial charge on any atom is -0.481 e. The van der Waals surface area contributed by atoms with E-state index in [2.05, 4.69) is 15.3 Å². The minimum atomic E-state index is -0.330. The Morgan fingerprint density at radius 1 is 1.29 bits per heavy atom. The summed E-state index contributed by atoms with van der Waals surface area (Å²) in [5.74, 6) is 0.545. The number of hydrogen-bond acceptors (Lipinski definition) is 5. The largest absolute Gasteiger partial charge is 0.481 e. The van der Waals surface area contributed by atoms with Gasteiger partial charge in [0.05, 0.1) is 7.11 Å². The average molecular weight is 234 g/mol. The maximum Gasteiger partial charge on any atom is 0.225 e. The number of rotatable bonds is 3. The van der Waals surface area contributed by atoms with E-state index < -0.39 is 0 Å². The predicted molar refractivity (Wildman–Crippen MR) is 62.7 cm³/mol. The zero-order valence-corrected chi connectivity index (χ0v) is 9.14. The standard InChI is InChI=1S/C11H11FN4O/c1-17-10-6-9(15-11(13)16-10)14-8-4-2-3-7(12)5-8/h2-6H,1H3,(H3,13,14,15,16). The molecule has 0 spiro atoms. The van der Waals surface area contributed by atoms with Crippen LogP contribution in [0.4, 0.5) is 21.8 Å². The molecule has 88 valence electrons. The smallest absolute Gasteiger partial charge is 0.225 e. The molecule has 0 aliphatic rings. The van der Waals surface area contributed by atoms with Crippen LogP contribution in [0.25, 0.3) is 0 Å². The summed E-state index contributed by atoms with van der Waals surface area (Å²) < 4.78 is 17.9. The SMILES string of the molecule is COc1cc(Nc2cccc(F)c2)nc(N)n1. The molecule has 0 aliphatic carbocycles. The van der Waals surface area contributed by atoms with Gasteiger partial charge in [0.15, 0.2) is 0 Å². The van der Waals surface area contributed by atoms with E-state index in [1.807, 2.05) is 0 Å². The van der Waals surface area contributed by atoms with Gasteiger partial charge in [0.2, 0.25) is 11.8 Å². The Morgan fingerprint density at radius 2 is 2.12 bits per heavy atom. The Labute approximate surface area is 97.5 Å². The highest BCUT2D eigenvalue weighted by molar-refractivity contribution is 5.57. The Morgan fingerprint density at radius 3 is 2.82 bits per heavy atom. The molecule has 2 aromatic rings. The van der Waals surface area contributed by atoms with Crippen molar-refractivity contribution in [2.75, 3.05) is 18.2 Å². The molecule has 0 saturated heterocycles. The van der Waals surface area contributed by atoms with E-state index in [9.17, 15) is 4.39 Å². The Balaban J connectivity index is 2.26. The van der Waals surface area contributed by atoms with Crippen LogP contribution in [0.5, 0.6) is 5.88 Å². The lowest BCUT2D eigenvalue weighted by molar-refractivity contribution is 0.398. The summed E-state index contributed by atoms with van der Waals surface area (Å²) in [4.78, 5) is 7.80. The first-order valence-corrected chi connectivity index (χ1v) is 4.88. The van der Waals surface area contributed by atoms with Crippen molar-refractivity contribution < 1.29 is 9.13 Å². The Bertz CT molecular complexity index is 533.